The molecule has 13 heteroatoms. The average molecular weight is 632 g/mol. The minimum atomic E-state index is -0.576. The fourth-order valence-corrected chi connectivity index (χ4v) is 5.25. The predicted octanol–water partition coefficient (Wildman–Crippen LogP) is 4.45. The van der Waals surface area contributed by atoms with Gasteiger partial charge in [-0.05, 0) is 45.9 Å². The molecule has 11 nitrogen and oxygen atoms in total. The van der Waals surface area contributed by atoms with Crippen LogP contribution in [0.4, 0.5) is 10.5 Å². The number of anilines is 1. The van der Waals surface area contributed by atoms with E-state index in [-0.39, 0.29) is 35.7 Å². The molecule has 2 aliphatic heterocycles. The minimum absolute atomic E-state index is 0.0909. The first kappa shape index (κ1) is 32.3. The number of thiocarbonyl (C=S) groups is 1. The fraction of sp³-hybridized carbons (Fsp3) is 0.467. The fourth-order valence-electron chi connectivity index (χ4n) is 4.67. The SMILES string of the molecule is COc1c(Cl)cccc1NC(=S)C1=C(NCc2ccncc2OC[C@@H]2CN(C(=O)OC(C)(C)C)CCO2)C[C@@H](C)NC1=O. The molecule has 2 atom stereocenters. The average Bonchev–Trinajstić information content (AvgIpc) is 2.94. The van der Waals surface area contributed by atoms with Crippen molar-refractivity contribution in [2.75, 3.05) is 38.7 Å². The number of pyridine rings is 1. The van der Waals surface area contributed by atoms with Gasteiger partial charge in [0, 0.05) is 43.0 Å². The summed E-state index contributed by atoms with van der Waals surface area (Å²) in [6.07, 6.45) is 3.16. The lowest BCUT2D eigenvalue weighted by Crippen LogP contribution is -2.49. The number of carbonyl (C=O) groups excluding carboxylic acids is 2. The number of methoxy groups -OCH3 is 1. The van der Waals surface area contributed by atoms with E-state index >= 15 is 0 Å². The van der Waals surface area contributed by atoms with Gasteiger partial charge >= 0.3 is 6.09 Å². The molecular weight excluding hydrogens is 594 g/mol. The molecule has 2 amide bonds. The lowest BCUT2D eigenvalue weighted by Gasteiger charge is -2.34. The van der Waals surface area contributed by atoms with E-state index in [0.717, 1.165) is 5.56 Å². The summed E-state index contributed by atoms with van der Waals surface area (Å²) in [5.74, 6) is 0.712. The maximum Gasteiger partial charge on any atom is 0.410 e. The second-order valence-electron chi connectivity index (χ2n) is 11.3. The number of hydrogen-bond donors (Lipinski definition) is 3. The van der Waals surface area contributed by atoms with Gasteiger partial charge in [-0.15, -0.1) is 0 Å². The molecule has 1 fully saturated rings. The molecule has 0 saturated carbocycles. The van der Waals surface area contributed by atoms with Crippen LogP contribution in [0.5, 0.6) is 11.5 Å². The molecule has 4 rings (SSSR count). The van der Waals surface area contributed by atoms with Gasteiger partial charge in [0.05, 0.1) is 42.7 Å². The van der Waals surface area contributed by atoms with Gasteiger partial charge in [-0.2, -0.15) is 0 Å². The Morgan fingerprint density at radius 1 is 1.30 bits per heavy atom. The van der Waals surface area contributed by atoms with Crippen LogP contribution < -0.4 is 25.4 Å². The third kappa shape index (κ3) is 8.71. The van der Waals surface area contributed by atoms with Crippen molar-refractivity contribution in [1.82, 2.24) is 20.5 Å². The first-order chi connectivity index (χ1) is 20.4. The smallest absolute Gasteiger partial charge is 0.410 e. The van der Waals surface area contributed by atoms with E-state index in [1.807, 2.05) is 33.8 Å². The van der Waals surface area contributed by atoms with E-state index in [4.69, 9.17) is 42.8 Å². The van der Waals surface area contributed by atoms with Crippen LogP contribution >= 0.6 is 23.8 Å². The van der Waals surface area contributed by atoms with Crippen LogP contribution in [-0.2, 0) is 20.8 Å². The zero-order valence-electron chi connectivity index (χ0n) is 25.0. The van der Waals surface area contributed by atoms with Crippen LogP contribution in [0.2, 0.25) is 5.02 Å². The maximum absolute atomic E-state index is 13.1. The van der Waals surface area contributed by atoms with Gasteiger partial charge in [-0.25, -0.2) is 4.79 Å². The van der Waals surface area contributed by atoms with Gasteiger partial charge in [0.1, 0.15) is 29.0 Å². The quantitative estimate of drug-likeness (QED) is 0.342. The lowest BCUT2D eigenvalue weighted by atomic mass is 10.0. The second kappa shape index (κ2) is 14.2. The van der Waals surface area contributed by atoms with Gasteiger partial charge in [0.15, 0.2) is 5.75 Å². The minimum Gasteiger partial charge on any atom is -0.493 e. The molecule has 1 aromatic carbocycles. The van der Waals surface area contributed by atoms with Crippen LogP contribution in [0.15, 0.2) is 47.9 Å². The molecule has 2 aromatic rings. The summed E-state index contributed by atoms with van der Waals surface area (Å²) in [5.41, 5.74) is 1.84. The van der Waals surface area contributed by atoms with Crippen molar-refractivity contribution in [3.05, 3.63) is 58.5 Å². The van der Waals surface area contributed by atoms with E-state index in [2.05, 4.69) is 20.9 Å². The molecule has 43 heavy (non-hydrogen) atoms. The molecule has 0 unspecified atom stereocenters. The van der Waals surface area contributed by atoms with Gasteiger partial charge < -0.3 is 39.8 Å². The van der Waals surface area contributed by atoms with Crippen LogP contribution in [0.1, 0.15) is 39.7 Å². The highest BCUT2D eigenvalue weighted by Gasteiger charge is 2.30. The topological polar surface area (TPSA) is 123 Å². The molecule has 1 aromatic heterocycles. The standard InChI is InChI=1S/C30H38ClN5O6S/c1-18-13-23(25(27(37)34-18)28(43)35-22-8-6-7-21(31)26(22)39-5)33-14-19-9-10-32-15-24(19)41-17-20-16-36(11-12-40-20)29(38)42-30(2,3)4/h6-10,15,18,20,33H,11-14,16-17H2,1-5H3,(H,34,37)(H,35,43)/t18-,20+/m1/s1. The Balaban J connectivity index is 1.44. The molecule has 1 saturated heterocycles. The van der Waals surface area contributed by atoms with E-state index < -0.39 is 5.60 Å². The molecule has 3 N–H and O–H groups in total. The largest absolute Gasteiger partial charge is 0.493 e. The molecular formula is C30H38ClN5O6S. The van der Waals surface area contributed by atoms with E-state index in [1.165, 1.54) is 7.11 Å². The van der Waals surface area contributed by atoms with Crippen LogP contribution in [0, 0.1) is 0 Å². The first-order valence-corrected chi connectivity index (χ1v) is 14.8. The number of halogens is 1. The Hall–Kier alpha value is -3.61. The number of hydrogen-bond acceptors (Lipinski definition) is 9. The molecule has 3 heterocycles. The number of nitrogens with zero attached hydrogens (tertiary/aromatic N) is 2. The highest BCUT2D eigenvalue weighted by atomic mass is 35.5. The first-order valence-electron chi connectivity index (χ1n) is 14.0. The second-order valence-corrected chi connectivity index (χ2v) is 12.1. The van der Waals surface area contributed by atoms with Crippen molar-refractivity contribution in [2.24, 2.45) is 0 Å². The summed E-state index contributed by atoms with van der Waals surface area (Å²) in [6, 6.07) is 7.01. The van der Waals surface area contributed by atoms with Gasteiger partial charge in [-0.1, -0.05) is 29.9 Å². The van der Waals surface area contributed by atoms with E-state index in [1.54, 1.807) is 35.5 Å². The van der Waals surface area contributed by atoms with Crippen molar-refractivity contribution in [3.63, 3.8) is 0 Å². The van der Waals surface area contributed by atoms with Crippen molar-refractivity contribution >= 4 is 46.5 Å². The van der Waals surface area contributed by atoms with Crippen molar-refractivity contribution in [3.8, 4) is 11.5 Å². The number of aromatic nitrogens is 1. The Bertz CT molecular complexity index is 1380. The zero-order chi connectivity index (χ0) is 31.1. The summed E-state index contributed by atoms with van der Waals surface area (Å²) >= 11 is 11.9. The van der Waals surface area contributed by atoms with Gasteiger partial charge in [0.25, 0.3) is 5.91 Å². The van der Waals surface area contributed by atoms with Gasteiger partial charge in [-0.3, -0.25) is 9.78 Å². The number of ether oxygens (including phenoxy) is 4. The van der Waals surface area contributed by atoms with Crippen LogP contribution in [0.3, 0.4) is 0 Å². The number of para-hydroxylation sites is 1. The van der Waals surface area contributed by atoms with Crippen molar-refractivity contribution in [1.29, 1.82) is 0 Å². The molecule has 0 radical (unpaired) electrons. The van der Waals surface area contributed by atoms with E-state index in [0.29, 0.717) is 66.1 Å². The molecule has 2 aliphatic rings. The monoisotopic (exact) mass is 631 g/mol. The van der Waals surface area contributed by atoms with Gasteiger partial charge in [0.2, 0.25) is 0 Å². The number of morpholine rings is 1. The summed E-state index contributed by atoms with van der Waals surface area (Å²) in [7, 11) is 1.52. The third-order valence-corrected chi connectivity index (χ3v) is 7.24. The maximum atomic E-state index is 13.1. The lowest BCUT2D eigenvalue weighted by molar-refractivity contribution is -0.118. The normalized spacial score (nSPS) is 18.9. The number of nitrogens with one attached hydrogen (secondary N) is 3. The van der Waals surface area contributed by atoms with Crippen LogP contribution in [-0.4, -0.2) is 78.0 Å². The highest BCUT2D eigenvalue weighted by Crippen LogP contribution is 2.33. The molecule has 0 bridgehead atoms. The summed E-state index contributed by atoms with van der Waals surface area (Å²) in [5, 5.41) is 9.89. The molecule has 0 aliphatic carbocycles. The summed E-state index contributed by atoms with van der Waals surface area (Å²) in [4.78, 5) is 31.7. The van der Waals surface area contributed by atoms with Crippen LogP contribution in [0.25, 0.3) is 0 Å². The summed E-state index contributed by atoms with van der Waals surface area (Å²) < 4.78 is 22.9. The number of amides is 2. The highest BCUT2D eigenvalue weighted by molar-refractivity contribution is 7.81. The number of rotatable bonds is 9. The number of carbonyl (C=O) groups is 2. The molecule has 232 valence electrons. The Morgan fingerprint density at radius 2 is 2.09 bits per heavy atom. The zero-order valence-corrected chi connectivity index (χ0v) is 26.6. The van der Waals surface area contributed by atoms with Crippen molar-refractivity contribution < 1.29 is 28.5 Å². The number of benzene rings is 1. The Kier molecular flexibility index (Phi) is 10.7. The molecule has 0 spiro atoms. The van der Waals surface area contributed by atoms with Crippen molar-refractivity contribution in [2.45, 2.75) is 58.4 Å². The Labute approximate surface area is 262 Å². The summed E-state index contributed by atoms with van der Waals surface area (Å²) in [6.45, 7) is 9.22. The Morgan fingerprint density at radius 3 is 2.84 bits per heavy atom. The third-order valence-electron chi connectivity index (χ3n) is 6.64. The predicted molar refractivity (Wildman–Crippen MR) is 168 cm³/mol. The van der Waals surface area contributed by atoms with E-state index in [9.17, 15) is 9.59 Å².